The number of thioether (sulfide) groups is 1. The van der Waals surface area contributed by atoms with Crippen molar-refractivity contribution in [2.45, 2.75) is 49.2 Å². The number of aryl methyl sites for hydroxylation is 1. The number of carbonyl (C=O) groups excluding carboxylic acids is 1. The minimum absolute atomic E-state index is 0.0475. The van der Waals surface area contributed by atoms with Crippen molar-refractivity contribution in [3.63, 3.8) is 0 Å². The molecule has 7 nitrogen and oxygen atoms in total. The van der Waals surface area contributed by atoms with Gasteiger partial charge in [-0.3, -0.25) is 14.3 Å². The van der Waals surface area contributed by atoms with Gasteiger partial charge < -0.3 is 15.2 Å². The van der Waals surface area contributed by atoms with Crippen LogP contribution in [0, 0.1) is 11.6 Å². The number of rotatable bonds is 13. The Morgan fingerprint density at radius 3 is 2.18 bits per heavy atom. The van der Waals surface area contributed by atoms with Gasteiger partial charge >= 0.3 is 6.18 Å². The summed E-state index contributed by atoms with van der Waals surface area (Å²) in [5.41, 5.74) is 6.01. The van der Waals surface area contributed by atoms with Crippen LogP contribution in [0.2, 0.25) is 0 Å². The molecule has 2 N–H and O–H groups in total. The molecule has 2 heterocycles. The molecule has 1 unspecified atom stereocenters. The lowest BCUT2D eigenvalue weighted by atomic mass is 9.85. The number of fused-ring (bicyclic) bond motifs is 1. The first-order valence-corrected chi connectivity index (χ1v) is 16.7. The standard InChI is InChI=1S/C36H36F5N5O2S/c1-4-45(5-2)18-17-35(34(42)48,20-23-9-11-24(12-10-23)25-13-15-27(16-14-25)36(39,40)41)46-31(19-30(47)28-21-44(3)43-33(28)46)49-22-26-7-6-8-29(37)32(26)38/h6-16,19,21H,4-5,17-18,20,22H2,1-3H3,(H2,42,48). The molecule has 0 saturated heterocycles. The van der Waals surface area contributed by atoms with Crippen molar-refractivity contribution in [1.82, 2.24) is 19.2 Å². The molecule has 2 aromatic heterocycles. The molecule has 5 rings (SSSR count). The Bertz CT molecular complexity index is 2000. The van der Waals surface area contributed by atoms with E-state index in [1.807, 2.05) is 13.8 Å². The van der Waals surface area contributed by atoms with Crippen molar-refractivity contribution in [3.8, 4) is 11.1 Å². The number of aromatic nitrogens is 3. The zero-order valence-electron chi connectivity index (χ0n) is 27.2. The van der Waals surface area contributed by atoms with Crippen LogP contribution in [0.15, 0.2) is 88.8 Å². The maximum Gasteiger partial charge on any atom is 0.416 e. The Morgan fingerprint density at radius 1 is 0.959 bits per heavy atom. The van der Waals surface area contributed by atoms with E-state index in [1.165, 1.54) is 35.0 Å². The number of pyridine rings is 1. The molecule has 0 aliphatic rings. The number of hydrogen-bond donors (Lipinski definition) is 1. The van der Waals surface area contributed by atoms with Gasteiger partial charge in [0, 0.05) is 43.6 Å². The molecule has 0 saturated carbocycles. The zero-order valence-corrected chi connectivity index (χ0v) is 28.0. The molecule has 0 radical (unpaired) electrons. The van der Waals surface area contributed by atoms with Crippen LogP contribution >= 0.6 is 11.8 Å². The summed E-state index contributed by atoms with van der Waals surface area (Å²) >= 11 is 1.07. The fourth-order valence-corrected chi connectivity index (χ4v) is 7.10. The van der Waals surface area contributed by atoms with Gasteiger partial charge in [0.25, 0.3) is 0 Å². The number of halogens is 5. The van der Waals surface area contributed by atoms with Gasteiger partial charge in [-0.2, -0.15) is 18.3 Å². The van der Waals surface area contributed by atoms with E-state index >= 15 is 0 Å². The molecule has 1 atom stereocenters. The van der Waals surface area contributed by atoms with Gasteiger partial charge in [-0.1, -0.05) is 62.4 Å². The second-order valence-electron chi connectivity index (χ2n) is 11.8. The predicted molar refractivity (Wildman–Crippen MR) is 181 cm³/mol. The van der Waals surface area contributed by atoms with Crippen LogP contribution in [0.25, 0.3) is 22.2 Å². The van der Waals surface area contributed by atoms with Crippen molar-refractivity contribution >= 4 is 28.7 Å². The maximum atomic E-state index is 14.7. The highest BCUT2D eigenvalue weighted by Gasteiger charge is 2.42. The van der Waals surface area contributed by atoms with E-state index in [9.17, 15) is 31.5 Å². The number of nitrogens with two attached hydrogens (primary N) is 1. The van der Waals surface area contributed by atoms with Crippen LogP contribution in [-0.2, 0) is 35.7 Å². The van der Waals surface area contributed by atoms with Crippen LogP contribution in [0.4, 0.5) is 22.0 Å². The van der Waals surface area contributed by atoms with E-state index in [-0.39, 0.29) is 40.6 Å². The summed E-state index contributed by atoms with van der Waals surface area (Å²) in [5, 5.41) is 5.15. The third kappa shape index (κ3) is 7.57. The smallest absolute Gasteiger partial charge is 0.368 e. The summed E-state index contributed by atoms with van der Waals surface area (Å²) < 4.78 is 71.3. The Labute approximate surface area is 284 Å². The zero-order chi connectivity index (χ0) is 35.5. The van der Waals surface area contributed by atoms with Crippen LogP contribution < -0.4 is 11.2 Å². The minimum Gasteiger partial charge on any atom is -0.368 e. The lowest BCUT2D eigenvalue weighted by Gasteiger charge is -2.37. The molecule has 1 amide bonds. The number of amides is 1. The highest BCUT2D eigenvalue weighted by atomic mass is 32.2. The Balaban J connectivity index is 1.63. The van der Waals surface area contributed by atoms with E-state index in [0.29, 0.717) is 41.4 Å². The normalized spacial score (nSPS) is 13.2. The molecular formula is C36H36F5N5O2S. The van der Waals surface area contributed by atoms with Crippen molar-refractivity contribution in [2.75, 3.05) is 19.6 Å². The SMILES string of the molecule is CCN(CC)CCC(Cc1ccc(-c2ccc(C(F)(F)F)cc2)cc1)(C(N)=O)n1c(SCc2cccc(F)c2F)cc(=O)c2cn(C)nc21. The number of primary amides is 1. The first-order valence-electron chi connectivity index (χ1n) is 15.7. The van der Waals surface area contributed by atoms with E-state index < -0.39 is 34.8 Å². The van der Waals surface area contributed by atoms with Crippen molar-refractivity contribution in [2.24, 2.45) is 12.8 Å². The Morgan fingerprint density at radius 2 is 1.59 bits per heavy atom. The van der Waals surface area contributed by atoms with E-state index in [1.54, 1.807) is 42.1 Å². The molecule has 49 heavy (non-hydrogen) atoms. The molecule has 0 aliphatic carbocycles. The van der Waals surface area contributed by atoms with Gasteiger partial charge in [0.1, 0.15) is 5.54 Å². The molecule has 0 aliphatic heterocycles. The Kier molecular flexibility index (Phi) is 10.6. The van der Waals surface area contributed by atoms with E-state index in [2.05, 4.69) is 10.00 Å². The van der Waals surface area contributed by atoms with Gasteiger partial charge in [0.15, 0.2) is 22.7 Å². The number of nitrogens with zero attached hydrogens (tertiary/aromatic N) is 4. The number of hydrogen-bond acceptors (Lipinski definition) is 5. The molecule has 0 bridgehead atoms. The van der Waals surface area contributed by atoms with Gasteiger partial charge in [-0.25, -0.2) is 8.78 Å². The summed E-state index contributed by atoms with van der Waals surface area (Å²) in [7, 11) is 1.65. The van der Waals surface area contributed by atoms with E-state index in [4.69, 9.17) is 5.73 Å². The molecule has 258 valence electrons. The predicted octanol–water partition coefficient (Wildman–Crippen LogP) is 7.15. The van der Waals surface area contributed by atoms with Crippen LogP contribution in [-0.4, -0.2) is 44.8 Å². The van der Waals surface area contributed by atoms with Gasteiger partial charge in [-0.05, 0) is 54.4 Å². The first-order chi connectivity index (χ1) is 23.3. The van der Waals surface area contributed by atoms with Crippen molar-refractivity contribution in [1.29, 1.82) is 0 Å². The largest absolute Gasteiger partial charge is 0.416 e. The summed E-state index contributed by atoms with van der Waals surface area (Å²) in [6.45, 7) is 5.87. The second-order valence-corrected chi connectivity index (χ2v) is 12.8. The fourth-order valence-electron chi connectivity index (χ4n) is 5.99. The third-order valence-electron chi connectivity index (χ3n) is 8.79. The molecule has 3 aromatic carbocycles. The van der Waals surface area contributed by atoms with Crippen molar-refractivity contribution in [3.05, 3.63) is 118 Å². The lowest BCUT2D eigenvalue weighted by Crippen LogP contribution is -2.51. The quantitative estimate of drug-likeness (QED) is 0.104. The monoisotopic (exact) mass is 697 g/mol. The number of carbonyl (C=O) groups is 1. The topological polar surface area (TPSA) is 86.1 Å². The van der Waals surface area contributed by atoms with Crippen LogP contribution in [0.5, 0.6) is 0 Å². The van der Waals surface area contributed by atoms with Crippen LogP contribution in [0.1, 0.15) is 37.0 Å². The molecule has 0 spiro atoms. The average Bonchev–Trinajstić information content (AvgIpc) is 3.47. The fraction of sp³-hybridized carbons (Fsp3) is 0.306. The summed E-state index contributed by atoms with van der Waals surface area (Å²) in [5.74, 6) is -2.73. The first kappa shape index (κ1) is 35.8. The number of alkyl halides is 3. The molecule has 5 aromatic rings. The van der Waals surface area contributed by atoms with Gasteiger partial charge in [0.2, 0.25) is 5.91 Å². The highest BCUT2D eigenvalue weighted by molar-refractivity contribution is 7.98. The van der Waals surface area contributed by atoms with E-state index in [0.717, 1.165) is 30.0 Å². The second kappa shape index (κ2) is 14.6. The lowest BCUT2D eigenvalue weighted by molar-refractivity contribution is -0.137. The molecular weight excluding hydrogens is 661 g/mol. The average molecular weight is 698 g/mol. The number of benzene rings is 3. The minimum atomic E-state index is -4.45. The third-order valence-corrected chi connectivity index (χ3v) is 9.84. The summed E-state index contributed by atoms with van der Waals surface area (Å²) in [6, 6.07) is 17.2. The highest BCUT2D eigenvalue weighted by Crippen LogP contribution is 2.37. The molecule has 13 heteroatoms. The summed E-state index contributed by atoms with van der Waals surface area (Å²) in [4.78, 5) is 29.4. The Hall–Kier alpha value is -4.49. The summed E-state index contributed by atoms with van der Waals surface area (Å²) in [6.07, 6.45) is -2.59. The van der Waals surface area contributed by atoms with Gasteiger partial charge in [0.05, 0.1) is 16.0 Å². The maximum absolute atomic E-state index is 14.7. The van der Waals surface area contributed by atoms with Crippen LogP contribution in [0.3, 0.4) is 0 Å². The van der Waals surface area contributed by atoms with Crippen molar-refractivity contribution < 1.29 is 26.7 Å². The van der Waals surface area contributed by atoms with Gasteiger partial charge in [-0.15, -0.1) is 11.8 Å². The molecule has 0 fully saturated rings.